The summed E-state index contributed by atoms with van der Waals surface area (Å²) >= 11 is 3.41. The van der Waals surface area contributed by atoms with Gasteiger partial charge in [0.25, 0.3) is 5.91 Å². The first-order valence-electron chi connectivity index (χ1n) is 12.5. The van der Waals surface area contributed by atoms with Crippen molar-refractivity contribution in [3.05, 3.63) is 58.1 Å². The molecular formula is C28H37BrN2O4. The third-order valence-corrected chi connectivity index (χ3v) is 6.56. The fraction of sp³-hybridized carbons (Fsp3) is 0.464. The van der Waals surface area contributed by atoms with E-state index in [1.807, 2.05) is 19.1 Å². The molecule has 6 nitrogen and oxygen atoms in total. The standard InChI is InChI=1S/C28H37BrN2O4/c1-3-4-5-6-7-8-9-10-11-15-26(32)30-23-14-12-13-22(19-23)28(34)35-20-27(33)31-24-16-17-25(29)21(2)18-24/h12-14,16-19H,3-11,15,20H2,1-2H3,(H,30,32)(H,31,33). The monoisotopic (exact) mass is 544 g/mol. The third-order valence-electron chi connectivity index (χ3n) is 5.67. The molecule has 2 N–H and O–H groups in total. The molecule has 0 aliphatic carbocycles. The molecule has 35 heavy (non-hydrogen) atoms. The van der Waals surface area contributed by atoms with Crippen molar-refractivity contribution in [3.8, 4) is 0 Å². The predicted octanol–water partition coefficient (Wildman–Crippen LogP) is 7.41. The van der Waals surface area contributed by atoms with Gasteiger partial charge in [-0.3, -0.25) is 9.59 Å². The van der Waals surface area contributed by atoms with E-state index in [0.29, 0.717) is 17.8 Å². The first-order chi connectivity index (χ1) is 16.9. The fourth-order valence-corrected chi connectivity index (χ4v) is 3.92. The quantitative estimate of drug-likeness (QED) is 0.180. The smallest absolute Gasteiger partial charge is 0.338 e. The lowest BCUT2D eigenvalue weighted by molar-refractivity contribution is -0.119. The van der Waals surface area contributed by atoms with Crippen LogP contribution in [0.2, 0.25) is 0 Å². The van der Waals surface area contributed by atoms with Gasteiger partial charge in [-0.05, 0) is 55.3 Å². The normalized spacial score (nSPS) is 10.6. The van der Waals surface area contributed by atoms with Gasteiger partial charge in [0.05, 0.1) is 5.56 Å². The number of aryl methyl sites for hydroxylation is 1. The van der Waals surface area contributed by atoms with Crippen LogP contribution in [-0.2, 0) is 14.3 Å². The minimum atomic E-state index is -0.623. The highest BCUT2D eigenvalue weighted by Crippen LogP contribution is 2.20. The molecular weight excluding hydrogens is 508 g/mol. The van der Waals surface area contributed by atoms with Gasteiger partial charge in [0, 0.05) is 22.3 Å². The molecule has 0 aromatic heterocycles. The van der Waals surface area contributed by atoms with E-state index >= 15 is 0 Å². The number of hydrogen-bond donors (Lipinski definition) is 2. The average molecular weight is 546 g/mol. The maximum absolute atomic E-state index is 12.4. The largest absolute Gasteiger partial charge is 0.452 e. The van der Waals surface area contributed by atoms with Gasteiger partial charge in [-0.1, -0.05) is 80.3 Å². The molecule has 0 spiro atoms. The van der Waals surface area contributed by atoms with Crippen molar-refractivity contribution in [2.45, 2.75) is 78.1 Å². The molecule has 2 rings (SSSR count). The molecule has 2 aromatic carbocycles. The molecule has 0 bridgehead atoms. The summed E-state index contributed by atoms with van der Waals surface area (Å²) in [5.41, 5.74) is 2.42. The van der Waals surface area contributed by atoms with Crippen LogP contribution in [0.5, 0.6) is 0 Å². The highest BCUT2D eigenvalue weighted by Gasteiger charge is 2.12. The van der Waals surface area contributed by atoms with E-state index in [1.54, 1.807) is 30.3 Å². The Morgan fingerprint density at radius 3 is 2.11 bits per heavy atom. The summed E-state index contributed by atoms with van der Waals surface area (Å²) in [7, 11) is 0. The van der Waals surface area contributed by atoms with Crippen LogP contribution >= 0.6 is 15.9 Å². The SMILES string of the molecule is CCCCCCCCCCCC(=O)Nc1cccc(C(=O)OCC(=O)Nc2ccc(Br)c(C)c2)c1. The van der Waals surface area contributed by atoms with Crippen molar-refractivity contribution in [1.82, 2.24) is 0 Å². The fourth-order valence-electron chi connectivity index (χ4n) is 3.68. The molecule has 7 heteroatoms. The Bertz CT molecular complexity index is 977. The van der Waals surface area contributed by atoms with Gasteiger partial charge in [0.15, 0.2) is 6.61 Å². The Balaban J connectivity index is 1.69. The van der Waals surface area contributed by atoms with Gasteiger partial charge >= 0.3 is 5.97 Å². The Morgan fingerprint density at radius 1 is 0.800 bits per heavy atom. The maximum atomic E-state index is 12.4. The zero-order valence-electron chi connectivity index (χ0n) is 20.8. The van der Waals surface area contributed by atoms with Crippen LogP contribution in [0.1, 0.15) is 87.1 Å². The van der Waals surface area contributed by atoms with Gasteiger partial charge in [-0.15, -0.1) is 0 Å². The Hall–Kier alpha value is -2.67. The van der Waals surface area contributed by atoms with Crippen LogP contribution in [0.3, 0.4) is 0 Å². The van der Waals surface area contributed by atoms with Crippen molar-refractivity contribution in [2.24, 2.45) is 0 Å². The van der Waals surface area contributed by atoms with E-state index in [1.165, 1.54) is 38.5 Å². The first-order valence-corrected chi connectivity index (χ1v) is 13.3. The molecule has 190 valence electrons. The second-order valence-electron chi connectivity index (χ2n) is 8.80. The van der Waals surface area contributed by atoms with Gasteiger partial charge in [-0.2, -0.15) is 0 Å². The molecule has 0 unspecified atom stereocenters. The number of nitrogens with one attached hydrogen (secondary N) is 2. The van der Waals surface area contributed by atoms with Crippen LogP contribution in [0, 0.1) is 6.92 Å². The number of ether oxygens (including phenoxy) is 1. The number of hydrogen-bond acceptors (Lipinski definition) is 4. The predicted molar refractivity (Wildman–Crippen MR) is 145 cm³/mol. The van der Waals surface area contributed by atoms with Crippen molar-refractivity contribution in [2.75, 3.05) is 17.2 Å². The Kier molecular flexibility index (Phi) is 13.1. The van der Waals surface area contributed by atoms with Crippen LogP contribution in [0.25, 0.3) is 0 Å². The van der Waals surface area contributed by atoms with Crippen molar-refractivity contribution in [3.63, 3.8) is 0 Å². The van der Waals surface area contributed by atoms with E-state index in [9.17, 15) is 14.4 Å². The highest BCUT2D eigenvalue weighted by molar-refractivity contribution is 9.10. The Labute approximate surface area is 217 Å². The van der Waals surface area contributed by atoms with Crippen LogP contribution in [-0.4, -0.2) is 24.4 Å². The second-order valence-corrected chi connectivity index (χ2v) is 9.65. The molecule has 0 saturated carbocycles. The lowest BCUT2D eigenvalue weighted by Crippen LogP contribution is -2.21. The molecule has 0 heterocycles. The van der Waals surface area contributed by atoms with E-state index in [4.69, 9.17) is 4.74 Å². The van der Waals surface area contributed by atoms with E-state index < -0.39 is 18.5 Å². The summed E-state index contributed by atoms with van der Waals surface area (Å²) < 4.78 is 6.08. The molecule has 2 amide bonds. The van der Waals surface area contributed by atoms with Gasteiger partial charge in [0.1, 0.15) is 0 Å². The number of halogens is 1. The van der Waals surface area contributed by atoms with Crippen LogP contribution in [0.4, 0.5) is 11.4 Å². The topological polar surface area (TPSA) is 84.5 Å². The summed E-state index contributed by atoms with van der Waals surface area (Å²) in [6, 6.07) is 12.0. The van der Waals surface area contributed by atoms with Gasteiger partial charge in [-0.25, -0.2) is 4.79 Å². The molecule has 0 atom stereocenters. The van der Waals surface area contributed by atoms with Crippen LogP contribution in [0.15, 0.2) is 46.9 Å². The second kappa shape index (κ2) is 16.1. The van der Waals surface area contributed by atoms with Crippen molar-refractivity contribution < 1.29 is 19.1 Å². The van der Waals surface area contributed by atoms with Crippen molar-refractivity contribution in [1.29, 1.82) is 0 Å². The zero-order valence-corrected chi connectivity index (χ0v) is 22.4. The summed E-state index contributed by atoms with van der Waals surface area (Å²) in [6.07, 6.45) is 11.3. The number of anilines is 2. The number of esters is 1. The molecule has 2 aromatic rings. The summed E-state index contributed by atoms with van der Waals surface area (Å²) in [6.45, 7) is 3.74. The average Bonchev–Trinajstić information content (AvgIpc) is 2.84. The Morgan fingerprint density at radius 2 is 1.43 bits per heavy atom. The number of benzene rings is 2. The number of unbranched alkanes of at least 4 members (excludes halogenated alkanes) is 8. The molecule has 0 radical (unpaired) electrons. The minimum absolute atomic E-state index is 0.0670. The third kappa shape index (κ3) is 11.5. The first kappa shape index (κ1) is 28.6. The molecule has 0 aliphatic heterocycles. The number of carbonyl (C=O) groups is 3. The minimum Gasteiger partial charge on any atom is -0.452 e. The van der Waals surface area contributed by atoms with Gasteiger partial charge in [0.2, 0.25) is 5.91 Å². The maximum Gasteiger partial charge on any atom is 0.338 e. The molecule has 0 fully saturated rings. The highest BCUT2D eigenvalue weighted by atomic mass is 79.9. The number of amides is 2. The van der Waals surface area contributed by atoms with E-state index in [-0.39, 0.29) is 11.5 Å². The summed E-state index contributed by atoms with van der Waals surface area (Å²) in [5, 5.41) is 5.54. The number of carbonyl (C=O) groups excluding carboxylic acids is 3. The zero-order chi connectivity index (χ0) is 25.5. The summed E-state index contributed by atoms with van der Waals surface area (Å²) in [4.78, 5) is 36.7. The van der Waals surface area contributed by atoms with E-state index in [2.05, 4.69) is 33.5 Å². The van der Waals surface area contributed by atoms with Crippen molar-refractivity contribution >= 4 is 45.1 Å². The van der Waals surface area contributed by atoms with Gasteiger partial charge < -0.3 is 15.4 Å². The lowest BCUT2D eigenvalue weighted by Gasteiger charge is -2.09. The molecule has 0 aliphatic rings. The lowest BCUT2D eigenvalue weighted by atomic mass is 10.1. The summed E-state index contributed by atoms with van der Waals surface area (Å²) in [5.74, 6) is -1.12. The van der Waals surface area contributed by atoms with E-state index in [0.717, 1.165) is 29.3 Å². The number of rotatable bonds is 15. The molecule has 0 saturated heterocycles. The van der Waals surface area contributed by atoms with Crippen LogP contribution < -0.4 is 10.6 Å².